The van der Waals surface area contributed by atoms with Gasteiger partial charge in [-0.15, -0.1) is 6.58 Å². The maximum absolute atomic E-state index is 5.33. The topological polar surface area (TPSA) is 25.2 Å². The van der Waals surface area contributed by atoms with Crippen molar-refractivity contribution < 1.29 is 4.42 Å². The molecule has 0 bridgehead atoms. The lowest BCUT2D eigenvalue weighted by molar-refractivity contribution is 0.414. The zero-order valence-electron chi connectivity index (χ0n) is 8.12. The van der Waals surface area contributed by atoms with Crippen molar-refractivity contribution in [1.82, 2.24) is 5.32 Å². The summed E-state index contributed by atoms with van der Waals surface area (Å²) in [6, 6.07) is 4.20. The average Bonchev–Trinajstić information content (AvgIpc) is 2.65. The van der Waals surface area contributed by atoms with E-state index in [0.29, 0.717) is 0 Å². The molecular weight excluding hydrogens is 162 g/mol. The van der Waals surface area contributed by atoms with Crippen molar-refractivity contribution in [2.24, 2.45) is 0 Å². The summed E-state index contributed by atoms with van der Waals surface area (Å²) in [7, 11) is 0. The minimum Gasteiger partial charge on any atom is -0.468 e. The molecule has 0 aromatic carbocycles. The van der Waals surface area contributed by atoms with Gasteiger partial charge in [-0.25, -0.2) is 0 Å². The van der Waals surface area contributed by atoms with E-state index < -0.39 is 0 Å². The molecule has 0 spiro atoms. The van der Waals surface area contributed by atoms with E-state index in [2.05, 4.69) is 18.8 Å². The molecular formula is C11H17NO. The largest absolute Gasteiger partial charge is 0.468 e. The molecule has 1 unspecified atom stereocenters. The van der Waals surface area contributed by atoms with Crippen molar-refractivity contribution in [3.63, 3.8) is 0 Å². The third-order valence-electron chi connectivity index (χ3n) is 1.93. The lowest BCUT2D eigenvalue weighted by Gasteiger charge is -2.13. The van der Waals surface area contributed by atoms with Crippen LogP contribution in [-0.4, -0.2) is 6.54 Å². The Balaban J connectivity index is 2.51. The van der Waals surface area contributed by atoms with Gasteiger partial charge in [0.1, 0.15) is 5.76 Å². The van der Waals surface area contributed by atoms with E-state index in [-0.39, 0.29) is 6.04 Å². The van der Waals surface area contributed by atoms with Crippen LogP contribution in [0.4, 0.5) is 0 Å². The van der Waals surface area contributed by atoms with Crippen LogP contribution < -0.4 is 5.32 Å². The lowest BCUT2D eigenvalue weighted by Crippen LogP contribution is -2.21. The van der Waals surface area contributed by atoms with Crippen LogP contribution in [0.5, 0.6) is 0 Å². The molecule has 1 N–H and O–H groups in total. The fraction of sp³-hybridized carbons (Fsp3) is 0.455. The van der Waals surface area contributed by atoms with Gasteiger partial charge in [-0.2, -0.15) is 0 Å². The molecule has 0 aliphatic rings. The molecule has 0 amide bonds. The zero-order chi connectivity index (χ0) is 9.52. The van der Waals surface area contributed by atoms with Crippen LogP contribution >= 0.6 is 0 Å². The Morgan fingerprint density at radius 3 is 3.08 bits per heavy atom. The standard InChI is InChI=1S/C11H17NO/c1-3-6-10(12-8-4-2)11-7-5-9-13-11/h3,5,7,9-10,12H,1,4,6,8H2,2H3. The molecule has 0 saturated heterocycles. The molecule has 1 aromatic heterocycles. The Bertz CT molecular complexity index is 228. The van der Waals surface area contributed by atoms with Gasteiger partial charge in [0.15, 0.2) is 0 Å². The quantitative estimate of drug-likeness (QED) is 0.679. The Labute approximate surface area is 79.6 Å². The summed E-state index contributed by atoms with van der Waals surface area (Å²) in [5, 5.41) is 3.41. The number of furan rings is 1. The van der Waals surface area contributed by atoms with E-state index in [9.17, 15) is 0 Å². The number of nitrogens with one attached hydrogen (secondary N) is 1. The summed E-state index contributed by atoms with van der Waals surface area (Å²) < 4.78 is 5.33. The summed E-state index contributed by atoms with van der Waals surface area (Å²) >= 11 is 0. The number of hydrogen-bond acceptors (Lipinski definition) is 2. The van der Waals surface area contributed by atoms with Gasteiger partial charge in [0.2, 0.25) is 0 Å². The highest BCUT2D eigenvalue weighted by Gasteiger charge is 2.10. The van der Waals surface area contributed by atoms with E-state index in [1.54, 1.807) is 6.26 Å². The van der Waals surface area contributed by atoms with E-state index in [1.165, 1.54) is 0 Å². The maximum Gasteiger partial charge on any atom is 0.120 e. The van der Waals surface area contributed by atoms with Gasteiger partial charge < -0.3 is 9.73 Å². The minimum absolute atomic E-state index is 0.285. The van der Waals surface area contributed by atoms with E-state index in [0.717, 1.165) is 25.1 Å². The molecule has 0 aliphatic carbocycles. The molecule has 1 atom stereocenters. The Morgan fingerprint density at radius 1 is 1.69 bits per heavy atom. The smallest absolute Gasteiger partial charge is 0.120 e. The van der Waals surface area contributed by atoms with Crippen LogP contribution in [0.3, 0.4) is 0 Å². The molecule has 0 aliphatic heterocycles. The third kappa shape index (κ3) is 3.07. The van der Waals surface area contributed by atoms with Gasteiger partial charge >= 0.3 is 0 Å². The molecule has 2 nitrogen and oxygen atoms in total. The third-order valence-corrected chi connectivity index (χ3v) is 1.93. The molecule has 1 heterocycles. The number of rotatable bonds is 6. The summed E-state index contributed by atoms with van der Waals surface area (Å²) in [4.78, 5) is 0. The first-order valence-electron chi connectivity index (χ1n) is 4.76. The molecule has 72 valence electrons. The van der Waals surface area contributed by atoms with Crippen molar-refractivity contribution in [3.8, 4) is 0 Å². The van der Waals surface area contributed by atoms with Crippen LogP contribution in [0, 0.1) is 0 Å². The van der Waals surface area contributed by atoms with Crippen LogP contribution in [0.2, 0.25) is 0 Å². The maximum atomic E-state index is 5.33. The molecule has 1 rings (SSSR count). The normalized spacial score (nSPS) is 12.7. The summed E-state index contributed by atoms with van der Waals surface area (Å²) in [5.41, 5.74) is 0. The highest BCUT2D eigenvalue weighted by Crippen LogP contribution is 2.17. The highest BCUT2D eigenvalue weighted by molar-refractivity contribution is 5.05. The van der Waals surface area contributed by atoms with Crippen molar-refractivity contribution in [2.45, 2.75) is 25.8 Å². The lowest BCUT2D eigenvalue weighted by atomic mass is 10.1. The minimum atomic E-state index is 0.285. The van der Waals surface area contributed by atoms with E-state index in [4.69, 9.17) is 4.42 Å². The van der Waals surface area contributed by atoms with Gasteiger partial charge in [0.05, 0.1) is 12.3 Å². The van der Waals surface area contributed by atoms with Crippen LogP contribution in [0.25, 0.3) is 0 Å². The first-order valence-corrected chi connectivity index (χ1v) is 4.76. The summed E-state index contributed by atoms with van der Waals surface area (Å²) in [5.74, 6) is 0.994. The summed E-state index contributed by atoms with van der Waals surface area (Å²) in [6.45, 7) is 6.90. The summed E-state index contributed by atoms with van der Waals surface area (Å²) in [6.07, 6.45) is 5.66. The molecule has 0 fully saturated rings. The average molecular weight is 179 g/mol. The van der Waals surface area contributed by atoms with Crippen molar-refractivity contribution in [3.05, 3.63) is 36.8 Å². The molecule has 0 saturated carbocycles. The van der Waals surface area contributed by atoms with Crippen molar-refractivity contribution >= 4 is 0 Å². The van der Waals surface area contributed by atoms with Gasteiger partial charge in [0.25, 0.3) is 0 Å². The van der Waals surface area contributed by atoms with Gasteiger partial charge in [-0.3, -0.25) is 0 Å². The Morgan fingerprint density at radius 2 is 2.54 bits per heavy atom. The number of hydrogen-bond donors (Lipinski definition) is 1. The van der Waals surface area contributed by atoms with Crippen LogP contribution in [0.15, 0.2) is 35.5 Å². The second kappa shape index (κ2) is 5.60. The van der Waals surface area contributed by atoms with Crippen molar-refractivity contribution in [1.29, 1.82) is 0 Å². The molecule has 0 radical (unpaired) electrons. The van der Waals surface area contributed by atoms with Crippen LogP contribution in [-0.2, 0) is 0 Å². The Hall–Kier alpha value is -1.02. The highest BCUT2D eigenvalue weighted by atomic mass is 16.3. The predicted octanol–water partition coefficient (Wildman–Crippen LogP) is 2.90. The van der Waals surface area contributed by atoms with Gasteiger partial charge in [-0.1, -0.05) is 13.0 Å². The second-order valence-corrected chi connectivity index (χ2v) is 3.05. The molecule has 2 heteroatoms. The molecule has 1 aromatic rings. The Kier molecular flexibility index (Phi) is 4.33. The van der Waals surface area contributed by atoms with Crippen molar-refractivity contribution in [2.75, 3.05) is 6.54 Å². The van der Waals surface area contributed by atoms with E-state index >= 15 is 0 Å². The zero-order valence-corrected chi connectivity index (χ0v) is 8.12. The SMILES string of the molecule is C=CCC(NCCC)c1ccco1. The van der Waals surface area contributed by atoms with Gasteiger partial charge in [0, 0.05) is 0 Å². The van der Waals surface area contributed by atoms with Gasteiger partial charge in [-0.05, 0) is 31.5 Å². The van der Waals surface area contributed by atoms with E-state index in [1.807, 2.05) is 18.2 Å². The monoisotopic (exact) mass is 179 g/mol. The fourth-order valence-electron chi connectivity index (χ4n) is 1.27. The van der Waals surface area contributed by atoms with Crippen LogP contribution in [0.1, 0.15) is 31.6 Å². The first-order chi connectivity index (χ1) is 6.38. The second-order valence-electron chi connectivity index (χ2n) is 3.05. The predicted molar refractivity (Wildman–Crippen MR) is 54.6 cm³/mol. The molecule has 13 heavy (non-hydrogen) atoms. The fourth-order valence-corrected chi connectivity index (χ4v) is 1.27. The first kappa shape index (κ1) is 10.1.